The zero-order chi connectivity index (χ0) is 24.8. The number of benzene rings is 2. The predicted octanol–water partition coefficient (Wildman–Crippen LogP) is 5.64. The van der Waals surface area contributed by atoms with Crippen LogP contribution in [0.5, 0.6) is 5.75 Å². The Bertz CT molecular complexity index is 1250. The number of aliphatic carboxylic acids is 1. The number of hydrogen-bond donors (Lipinski definition) is 2. The summed E-state index contributed by atoms with van der Waals surface area (Å²) in [5.74, 6) is -2.21. The van der Waals surface area contributed by atoms with Crippen LogP contribution in [0.25, 0.3) is 17.0 Å². The number of fused-ring (bicyclic) bond motifs is 3. The number of carbonyl (C=O) groups is 1. The van der Waals surface area contributed by atoms with Gasteiger partial charge in [0.05, 0.1) is 13.2 Å². The van der Waals surface area contributed by atoms with E-state index >= 15 is 8.78 Å². The largest absolute Gasteiger partial charge is 0.497 e. The van der Waals surface area contributed by atoms with Gasteiger partial charge in [0.2, 0.25) is 0 Å². The van der Waals surface area contributed by atoms with Gasteiger partial charge in [-0.25, -0.2) is 18.0 Å². The first-order valence-corrected chi connectivity index (χ1v) is 11.0. The second kappa shape index (κ2) is 8.83. The maximum Gasteiger partial charge on any atom is 0.328 e. The summed E-state index contributed by atoms with van der Waals surface area (Å²) in [5.41, 5.74) is 0.597. The van der Waals surface area contributed by atoms with Crippen molar-refractivity contribution in [2.45, 2.75) is 44.9 Å². The number of methoxy groups -OCH3 is 1. The third-order valence-corrected chi connectivity index (χ3v) is 6.17. The van der Waals surface area contributed by atoms with Gasteiger partial charge in [-0.3, -0.25) is 4.90 Å². The van der Waals surface area contributed by atoms with E-state index in [0.717, 1.165) is 40.8 Å². The highest BCUT2D eigenvalue weighted by Gasteiger charge is 2.41. The Morgan fingerprint density at radius 1 is 1.26 bits per heavy atom. The van der Waals surface area contributed by atoms with Crippen LogP contribution in [0.15, 0.2) is 36.4 Å². The SMILES string of the molecule is COc1ccc2[nH]c3c(c2c1)CC(C)N(CC(C)(C)F)C3c1c(F)cc(/C=C/C(=O)O)cc1F. The lowest BCUT2D eigenvalue weighted by Crippen LogP contribution is -2.48. The van der Waals surface area contributed by atoms with E-state index in [0.29, 0.717) is 17.9 Å². The van der Waals surface area contributed by atoms with Gasteiger partial charge < -0.3 is 14.8 Å². The van der Waals surface area contributed by atoms with E-state index in [1.165, 1.54) is 13.8 Å². The molecular formula is C26H27F3N2O3. The molecule has 2 heterocycles. The second-order valence-corrected chi connectivity index (χ2v) is 9.35. The number of rotatable bonds is 6. The average Bonchev–Trinajstić information content (AvgIpc) is 3.10. The number of nitrogens with zero attached hydrogens (tertiary/aromatic N) is 1. The molecular weight excluding hydrogens is 445 g/mol. The van der Waals surface area contributed by atoms with E-state index in [9.17, 15) is 9.18 Å². The Labute approximate surface area is 195 Å². The molecule has 180 valence electrons. The Morgan fingerprint density at radius 3 is 2.53 bits per heavy atom. The highest BCUT2D eigenvalue weighted by atomic mass is 19.1. The maximum atomic E-state index is 15.4. The molecule has 0 saturated carbocycles. The molecule has 0 bridgehead atoms. The first-order valence-electron chi connectivity index (χ1n) is 11.0. The number of alkyl halides is 1. The van der Waals surface area contributed by atoms with Crippen LogP contribution in [-0.4, -0.2) is 46.3 Å². The van der Waals surface area contributed by atoms with Gasteiger partial charge in [0.1, 0.15) is 23.1 Å². The number of aromatic nitrogens is 1. The Hall–Kier alpha value is -3.26. The molecule has 1 aliphatic heterocycles. The van der Waals surface area contributed by atoms with Crippen LogP contribution < -0.4 is 4.74 Å². The predicted molar refractivity (Wildman–Crippen MR) is 125 cm³/mol. The van der Waals surface area contributed by atoms with Gasteiger partial charge in [-0.2, -0.15) is 0 Å². The molecule has 1 aromatic heterocycles. The number of nitrogens with one attached hydrogen (secondary N) is 1. The number of H-pyrrole nitrogens is 1. The molecule has 1 aliphatic rings. The highest BCUT2D eigenvalue weighted by molar-refractivity contribution is 5.87. The van der Waals surface area contributed by atoms with Crippen molar-refractivity contribution in [1.82, 2.24) is 9.88 Å². The van der Waals surface area contributed by atoms with Crippen LogP contribution in [0.3, 0.4) is 0 Å². The van der Waals surface area contributed by atoms with Crippen LogP contribution in [0.1, 0.15) is 49.2 Å². The molecule has 0 saturated heterocycles. The van der Waals surface area contributed by atoms with Gasteiger partial charge in [-0.15, -0.1) is 0 Å². The summed E-state index contributed by atoms with van der Waals surface area (Å²) >= 11 is 0. The van der Waals surface area contributed by atoms with Crippen LogP contribution in [-0.2, 0) is 11.2 Å². The van der Waals surface area contributed by atoms with Gasteiger partial charge in [0.25, 0.3) is 0 Å². The Kier molecular flexibility index (Phi) is 6.20. The van der Waals surface area contributed by atoms with Crippen molar-refractivity contribution in [3.8, 4) is 5.75 Å². The second-order valence-electron chi connectivity index (χ2n) is 9.35. The number of halogens is 3. The topological polar surface area (TPSA) is 65.6 Å². The molecule has 2 aromatic carbocycles. The van der Waals surface area contributed by atoms with E-state index in [1.54, 1.807) is 18.1 Å². The molecule has 2 N–H and O–H groups in total. The van der Waals surface area contributed by atoms with Crippen molar-refractivity contribution in [2.24, 2.45) is 0 Å². The third-order valence-electron chi connectivity index (χ3n) is 6.17. The molecule has 0 fully saturated rings. The first-order chi connectivity index (χ1) is 16.0. The number of aromatic amines is 1. The third kappa shape index (κ3) is 4.55. The summed E-state index contributed by atoms with van der Waals surface area (Å²) < 4.78 is 51.1. The minimum atomic E-state index is -1.60. The van der Waals surface area contributed by atoms with Gasteiger partial charge in [0, 0.05) is 40.8 Å². The van der Waals surface area contributed by atoms with Gasteiger partial charge in [0.15, 0.2) is 0 Å². The highest BCUT2D eigenvalue weighted by Crippen LogP contribution is 2.44. The lowest BCUT2D eigenvalue weighted by Gasteiger charge is -2.43. The fourth-order valence-electron chi connectivity index (χ4n) is 4.78. The van der Waals surface area contributed by atoms with Crippen molar-refractivity contribution in [3.63, 3.8) is 0 Å². The van der Waals surface area contributed by atoms with Gasteiger partial charge in [-0.05, 0) is 74.7 Å². The fraction of sp³-hybridized carbons (Fsp3) is 0.346. The van der Waals surface area contributed by atoms with Crippen LogP contribution in [0, 0.1) is 11.6 Å². The molecule has 4 rings (SSSR count). The monoisotopic (exact) mass is 472 g/mol. The van der Waals surface area contributed by atoms with Crippen LogP contribution in [0.4, 0.5) is 13.2 Å². The molecule has 0 aliphatic carbocycles. The maximum absolute atomic E-state index is 15.4. The lowest BCUT2D eigenvalue weighted by atomic mass is 9.87. The summed E-state index contributed by atoms with van der Waals surface area (Å²) in [7, 11) is 1.57. The van der Waals surface area contributed by atoms with Crippen molar-refractivity contribution in [1.29, 1.82) is 0 Å². The van der Waals surface area contributed by atoms with Gasteiger partial charge >= 0.3 is 5.97 Å². The van der Waals surface area contributed by atoms with Crippen molar-refractivity contribution >= 4 is 22.9 Å². The molecule has 8 heteroatoms. The molecule has 5 nitrogen and oxygen atoms in total. The summed E-state index contributed by atoms with van der Waals surface area (Å²) in [4.78, 5) is 15.9. The van der Waals surface area contributed by atoms with Crippen LogP contribution in [0.2, 0.25) is 0 Å². The summed E-state index contributed by atoms with van der Waals surface area (Å²) in [6.45, 7) is 4.76. The van der Waals surface area contributed by atoms with E-state index in [4.69, 9.17) is 9.84 Å². The van der Waals surface area contributed by atoms with E-state index in [-0.39, 0.29) is 23.7 Å². The minimum Gasteiger partial charge on any atom is -0.497 e. The van der Waals surface area contributed by atoms with Gasteiger partial charge in [-0.1, -0.05) is 0 Å². The summed E-state index contributed by atoms with van der Waals surface area (Å²) in [5, 5.41) is 9.73. The number of carboxylic acid groups (broad SMARTS) is 1. The quantitative estimate of drug-likeness (QED) is 0.456. The van der Waals surface area contributed by atoms with E-state index in [2.05, 4.69) is 4.98 Å². The average molecular weight is 473 g/mol. The molecule has 2 atom stereocenters. The summed E-state index contributed by atoms with van der Waals surface area (Å²) in [6, 6.07) is 6.63. The molecule has 2 unspecified atom stereocenters. The summed E-state index contributed by atoms with van der Waals surface area (Å²) in [6.07, 6.45) is 2.51. The molecule has 3 aromatic rings. The minimum absolute atomic E-state index is 0.0312. The van der Waals surface area contributed by atoms with E-state index < -0.39 is 29.3 Å². The van der Waals surface area contributed by atoms with Crippen molar-refractivity contribution in [3.05, 3.63) is 70.4 Å². The Balaban J connectivity index is 1.93. The number of carboxylic acids is 1. The number of ether oxygens (including phenoxy) is 1. The smallest absolute Gasteiger partial charge is 0.328 e. The standard InChI is InChI=1S/C26H27F3N2O3/c1-14-9-18-17-12-16(34-4)6-7-21(17)30-24(18)25(31(14)13-26(2,3)29)23-19(27)10-15(11-20(23)28)5-8-22(32)33/h5-8,10-12,14,25,30H,9,13H2,1-4H3,(H,32,33)/b8-5+. The molecule has 0 radical (unpaired) electrons. The van der Waals surface area contributed by atoms with E-state index in [1.807, 2.05) is 19.1 Å². The van der Waals surface area contributed by atoms with Crippen LogP contribution >= 0.6 is 0 Å². The molecule has 0 spiro atoms. The fourth-order valence-corrected chi connectivity index (χ4v) is 4.78. The zero-order valence-corrected chi connectivity index (χ0v) is 19.5. The normalized spacial score (nSPS) is 19.0. The molecule has 0 amide bonds. The first kappa shape index (κ1) is 23.9. The Morgan fingerprint density at radius 2 is 1.94 bits per heavy atom. The van der Waals surface area contributed by atoms with Crippen molar-refractivity contribution in [2.75, 3.05) is 13.7 Å². The zero-order valence-electron chi connectivity index (χ0n) is 19.5. The van der Waals surface area contributed by atoms with Crippen molar-refractivity contribution < 1.29 is 27.8 Å². The molecule has 34 heavy (non-hydrogen) atoms. The lowest BCUT2D eigenvalue weighted by molar-refractivity contribution is -0.131. The number of hydrogen-bond acceptors (Lipinski definition) is 3.